The molecule has 2 N–H and O–H groups in total. The Morgan fingerprint density at radius 3 is 2.18 bits per heavy atom. The number of hydrogen-bond acceptors (Lipinski definition) is 7. The summed E-state index contributed by atoms with van der Waals surface area (Å²) in [5.41, 5.74) is 8.76. The topological polar surface area (TPSA) is 97.8 Å². The first-order chi connectivity index (χ1) is 16.5. The number of nitrogens with two attached hydrogens (primary N) is 1. The molecule has 0 saturated heterocycles. The Hall–Kier alpha value is -4.04. The first-order valence-corrected chi connectivity index (χ1v) is 10.7. The minimum atomic E-state index is -0.189. The van der Waals surface area contributed by atoms with Crippen molar-refractivity contribution < 1.29 is 18.9 Å². The molecule has 34 heavy (non-hydrogen) atoms. The van der Waals surface area contributed by atoms with Crippen LogP contribution in [-0.2, 0) is 13.1 Å². The zero-order chi connectivity index (χ0) is 24.2. The van der Waals surface area contributed by atoms with Crippen molar-refractivity contribution in [2.75, 3.05) is 28.4 Å². The van der Waals surface area contributed by atoms with Crippen molar-refractivity contribution in [3.05, 3.63) is 76.1 Å². The van der Waals surface area contributed by atoms with Gasteiger partial charge in [0.15, 0.2) is 11.5 Å². The molecule has 4 aromatic rings. The molecule has 0 saturated carbocycles. The summed E-state index contributed by atoms with van der Waals surface area (Å²) in [6.45, 7) is 0.717. The van der Waals surface area contributed by atoms with Crippen LogP contribution in [0.25, 0.3) is 22.3 Å². The molecule has 0 radical (unpaired) electrons. The maximum Gasteiger partial charge on any atom is 0.262 e. The molecular formula is C26H27N3O5. The van der Waals surface area contributed by atoms with E-state index in [4.69, 9.17) is 29.7 Å². The van der Waals surface area contributed by atoms with Crippen LogP contribution in [0.15, 0.2) is 59.4 Å². The Morgan fingerprint density at radius 1 is 0.853 bits per heavy atom. The minimum absolute atomic E-state index is 0.189. The van der Waals surface area contributed by atoms with E-state index in [1.165, 1.54) is 0 Å². The first-order valence-electron chi connectivity index (χ1n) is 10.7. The summed E-state index contributed by atoms with van der Waals surface area (Å²) >= 11 is 0. The number of ether oxygens (including phenoxy) is 4. The SMILES string of the molecule is COc1ccc2nc(-c3cc(OC)c(OC)c(OC)c3)n(Cc3cccc(CN)c3)c(=O)c2c1. The van der Waals surface area contributed by atoms with Crippen molar-refractivity contribution in [1.82, 2.24) is 9.55 Å². The summed E-state index contributed by atoms with van der Waals surface area (Å²) in [4.78, 5) is 18.6. The van der Waals surface area contributed by atoms with Gasteiger partial charge in [-0.05, 0) is 41.5 Å². The van der Waals surface area contributed by atoms with Crippen LogP contribution in [-0.4, -0.2) is 38.0 Å². The molecule has 0 aliphatic heterocycles. The Morgan fingerprint density at radius 2 is 1.56 bits per heavy atom. The molecule has 0 atom stereocenters. The van der Waals surface area contributed by atoms with E-state index in [9.17, 15) is 4.79 Å². The molecule has 0 aliphatic carbocycles. The van der Waals surface area contributed by atoms with Crippen molar-refractivity contribution in [3.8, 4) is 34.4 Å². The minimum Gasteiger partial charge on any atom is -0.497 e. The predicted molar refractivity (Wildman–Crippen MR) is 131 cm³/mol. The van der Waals surface area contributed by atoms with Crippen molar-refractivity contribution in [1.29, 1.82) is 0 Å². The molecule has 0 amide bonds. The van der Waals surface area contributed by atoms with Crippen LogP contribution in [0.5, 0.6) is 23.0 Å². The van der Waals surface area contributed by atoms with E-state index < -0.39 is 0 Å². The predicted octanol–water partition coefficient (Wildman–Crippen LogP) is 3.60. The fourth-order valence-electron chi connectivity index (χ4n) is 3.94. The van der Waals surface area contributed by atoms with E-state index in [0.717, 1.165) is 11.1 Å². The summed E-state index contributed by atoms with van der Waals surface area (Å²) in [5.74, 6) is 2.46. The van der Waals surface area contributed by atoms with Crippen LogP contribution in [0.1, 0.15) is 11.1 Å². The normalized spacial score (nSPS) is 10.9. The maximum atomic E-state index is 13.7. The van der Waals surface area contributed by atoms with Crippen LogP contribution in [0.2, 0.25) is 0 Å². The number of hydrogen-bond donors (Lipinski definition) is 1. The Bertz CT molecular complexity index is 1370. The molecule has 3 aromatic carbocycles. The molecule has 0 aliphatic rings. The maximum absolute atomic E-state index is 13.7. The van der Waals surface area contributed by atoms with Gasteiger partial charge in [0.25, 0.3) is 5.56 Å². The number of aromatic nitrogens is 2. The average molecular weight is 462 g/mol. The summed E-state index contributed by atoms with van der Waals surface area (Å²) in [6, 6.07) is 16.7. The summed E-state index contributed by atoms with van der Waals surface area (Å²) < 4.78 is 23.5. The van der Waals surface area contributed by atoms with Crippen LogP contribution < -0.4 is 30.2 Å². The third kappa shape index (κ3) is 4.27. The van der Waals surface area contributed by atoms with E-state index in [-0.39, 0.29) is 5.56 Å². The van der Waals surface area contributed by atoms with Gasteiger partial charge in [-0.25, -0.2) is 4.98 Å². The monoisotopic (exact) mass is 461 g/mol. The van der Waals surface area contributed by atoms with Gasteiger partial charge in [0.2, 0.25) is 5.75 Å². The average Bonchev–Trinajstić information content (AvgIpc) is 2.89. The highest BCUT2D eigenvalue weighted by Gasteiger charge is 2.19. The largest absolute Gasteiger partial charge is 0.497 e. The van der Waals surface area contributed by atoms with Crippen LogP contribution >= 0.6 is 0 Å². The van der Waals surface area contributed by atoms with Crippen molar-refractivity contribution in [2.24, 2.45) is 5.73 Å². The molecule has 0 fully saturated rings. The summed E-state index contributed by atoms with van der Waals surface area (Å²) in [7, 11) is 6.21. The fourth-order valence-corrected chi connectivity index (χ4v) is 3.94. The molecule has 0 bridgehead atoms. The molecule has 0 spiro atoms. The van der Waals surface area contributed by atoms with Gasteiger partial charge in [-0.15, -0.1) is 0 Å². The van der Waals surface area contributed by atoms with Crippen LogP contribution in [0.3, 0.4) is 0 Å². The van der Waals surface area contributed by atoms with Gasteiger partial charge in [-0.1, -0.05) is 24.3 Å². The first kappa shape index (κ1) is 23.1. The van der Waals surface area contributed by atoms with Gasteiger partial charge >= 0.3 is 0 Å². The second-order valence-electron chi connectivity index (χ2n) is 7.65. The quantitative estimate of drug-likeness (QED) is 0.428. The number of rotatable bonds is 8. The third-order valence-corrected chi connectivity index (χ3v) is 5.65. The highest BCUT2D eigenvalue weighted by molar-refractivity contribution is 5.82. The smallest absolute Gasteiger partial charge is 0.262 e. The Kier molecular flexibility index (Phi) is 6.70. The van der Waals surface area contributed by atoms with Gasteiger partial charge in [0.05, 0.1) is 45.9 Å². The van der Waals surface area contributed by atoms with Crippen molar-refractivity contribution >= 4 is 10.9 Å². The fraction of sp³-hybridized carbons (Fsp3) is 0.231. The van der Waals surface area contributed by atoms with Gasteiger partial charge < -0.3 is 24.7 Å². The molecule has 4 rings (SSSR count). The lowest BCUT2D eigenvalue weighted by atomic mass is 10.1. The third-order valence-electron chi connectivity index (χ3n) is 5.65. The molecule has 8 nitrogen and oxygen atoms in total. The Balaban J connectivity index is 2.00. The molecule has 1 aromatic heterocycles. The lowest BCUT2D eigenvalue weighted by Crippen LogP contribution is -2.24. The highest BCUT2D eigenvalue weighted by Crippen LogP contribution is 2.41. The molecular weight excluding hydrogens is 434 g/mol. The molecule has 176 valence electrons. The van der Waals surface area contributed by atoms with Crippen molar-refractivity contribution in [3.63, 3.8) is 0 Å². The standard InChI is InChI=1S/C26H27N3O5/c1-31-19-8-9-21-20(13-19)26(30)29(15-17-7-5-6-16(10-17)14-27)25(28-21)18-11-22(32-2)24(34-4)23(12-18)33-3/h5-13H,14-15,27H2,1-4H3. The Labute approximate surface area is 197 Å². The van der Waals surface area contributed by atoms with Gasteiger partial charge in [-0.2, -0.15) is 0 Å². The second-order valence-corrected chi connectivity index (χ2v) is 7.65. The zero-order valence-corrected chi connectivity index (χ0v) is 19.6. The highest BCUT2D eigenvalue weighted by atomic mass is 16.5. The van der Waals surface area contributed by atoms with E-state index in [2.05, 4.69) is 0 Å². The van der Waals surface area contributed by atoms with Crippen LogP contribution in [0, 0.1) is 0 Å². The van der Waals surface area contributed by atoms with Crippen LogP contribution in [0.4, 0.5) is 0 Å². The summed E-state index contributed by atoms with van der Waals surface area (Å²) in [5, 5.41) is 0.463. The van der Waals surface area contributed by atoms with E-state index in [0.29, 0.717) is 58.4 Å². The number of fused-ring (bicyclic) bond motifs is 1. The van der Waals surface area contributed by atoms with Gasteiger partial charge in [0.1, 0.15) is 11.6 Å². The number of methoxy groups -OCH3 is 4. The van der Waals surface area contributed by atoms with E-state index >= 15 is 0 Å². The summed E-state index contributed by atoms with van der Waals surface area (Å²) in [6.07, 6.45) is 0. The molecule has 1 heterocycles. The van der Waals surface area contributed by atoms with E-state index in [1.54, 1.807) is 63.3 Å². The van der Waals surface area contributed by atoms with E-state index in [1.807, 2.05) is 24.3 Å². The molecule has 8 heteroatoms. The lowest BCUT2D eigenvalue weighted by Gasteiger charge is -2.18. The zero-order valence-electron chi connectivity index (χ0n) is 19.6. The number of benzene rings is 3. The lowest BCUT2D eigenvalue weighted by molar-refractivity contribution is 0.324. The second kappa shape index (κ2) is 9.84. The van der Waals surface area contributed by atoms with Crippen molar-refractivity contribution in [2.45, 2.75) is 13.1 Å². The molecule has 0 unspecified atom stereocenters. The van der Waals surface area contributed by atoms with Gasteiger partial charge in [-0.3, -0.25) is 9.36 Å². The number of nitrogens with zero attached hydrogens (tertiary/aromatic N) is 2. The van der Waals surface area contributed by atoms with Gasteiger partial charge in [0, 0.05) is 12.1 Å².